The van der Waals surface area contributed by atoms with Crippen LogP contribution in [0.25, 0.3) is 33.9 Å². The van der Waals surface area contributed by atoms with Crippen LogP contribution in [-0.2, 0) is 5.41 Å². The molecule has 2 aromatic heterocycles. The number of para-hydroxylation sites is 2. The molecule has 0 spiro atoms. The summed E-state index contributed by atoms with van der Waals surface area (Å²) in [5.41, 5.74) is 8.63. The van der Waals surface area contributed by atoms with E-state index >= 15 is 0 Å². The van der Waals surface area contributed by atoms with Crippen molar-refractivity contribution in [3.63, 3.8) is 0 Å². The summed E-state index contributed by atoms with van der Waals surface area (Å²) in [5.74, 6) is 0. The highest BCUT2D eigenvalue weighted by atomic mass is 15.0. The van der Waals surface area contributed by atoms with Crippen LogP contribution in [0.3, 0.4) is 0 Å². The van der Waals surface area contributed by atoms with E-state index < -0.39 is 0 Å². The summed E-state index contributed by atoms with van der Waals surface area (Å²) in [4.78, 5) is 9.38. The van der Waals surface area contributed by atoms with Gasteiger partial charge in [0.1, 0.15) is 0 Å². The number of imidazole rings is 2. The zero-order chi connectivity index (χ0) is 25.2. The Kier molecular flexibility index (Phi) is 5.78. The van der Waals surface area contributed by atoms with Crippen LogP contribution in [0.5, 0.6) is 0 Å². The number of rotatable bonds is 6. The molecule has 0 aliphatic carbocycles. The van der Waals surface area contributed by atoms with E-state index in [4.69, 9.17) is 9.97 Å². The lowest BCUT2D eigenvalue weighted by atomic mass is 9.77. The predicted molar refractivity (Wildman–Crippen MR) is 150 cm³/mol. The number of hydrogen-bond donors (Lipinski definition) is 0. The summed E-state index contributed by atoms with van der Waals surface area (Å²) in [6, 6.07) is 38.0. The van der Waals surface area contributed by atoms with Crippen molar-refractivity contribution in [1.82, 2.24) is 19.1 Å². The fraction of sp³-hybridized carbons (Fsp3) is 0.0909. The van der Waals surface area contributed by atoms with E-state index in [9.17, 15) is 0 Å². The zero-order valence-electron chi connectivity index (χ0n) is 21.0. The maximum Gasteiger partial charge on any atom is 0.0999 e. The minimum atomic E-state index is -0.198. The summed E-state index contributed by atoms with van der Waals surface area (Å²) in [7, 11) is 0. The molecule has 0 atom stereocenters. The molecule has 0 saturated heterocycles. The lowest BCUT2D eigenvalue weighted by Gasteiger charge is -2.27. The SMILES string of the molecule is CC(C)(c1cccc(-c2cn(-c3ccccc3)cn2)c1)c1cccc(-c2cn(-c3ccccc3)cn2)c1. The van der Waals surface area contributed by atoms with E-state index in [1.54, 1.807) is 0 Å². The van der Waals surface area contributed by atoms with Gasteiger partial charge in [-0.2, -0.15) is 0 Å². The van der Waals surface area contributed by atoms with Crippen LogP contribution < -0.4 is 0 Å². The van der Waals surface area contributed by atoms with Gasteiger partial charge in [0, 0.05) is 40.3 Å². The van der Waals surface area contributed by atoms with E-state index in [1.807, 2.05) is 49.1 Å². The van der Waals surface area contributed by atoms with Gasteiger partial charge < -0.3 is 9.13 Å². The zero-order valence-corrected chi connectivity index (χ0v) is 21.0. The van der Waals surface area contributed by atoms with Crippen molar-refractivity contribution in [1.29, 1.82) is 0 Å². The summed E-state index contributed by atoms with van der Waals surface area (Å²) in [6.45, 7) is 4.55. The van der Waals surface area contributed by atoms with Gasteiger partial charge in [-0.05, 0) is 47.5 Å². The van der Waals surface area contributed by atoms with Crippen molar-refractivity contribution >= 4 is 0 Å². The molecular formula is C33H28N4. The quantitative estimate of drug-likeness (QED) is 0.245. The molecule has 180 valence electrons. The van der Waals surface area contributed by atoms with Gasteiger partial charge in [-0.25, -0.2) is 9.97 Å². The first-order valence-electron chi connectivity index (χ1n) is 12.5. The second-order valence-corrected chi connectivity index (χ2v) is 9.79. The molecular weight excluding hydrogens is 452 g/mol. The van der Waals surface area contributed by atoms with E-state index in [2.05, 4.69) is 108 Å². The summed E-state index contributed by atoms with van der Waals surface area (Å²) in [5, 5.41) is 0. The summed E-state index contributed by atoms with van der Waals surface area (Å²) < 4.78 is 4.12. The fourth-order valence-corrected chi connectivity index (χ4v) is 4.73. The number of aromatic nitrogens is 4. The molecule has 0 N–H and O–H groups in total. The first kappa shape index (κ1) is 22.7. The van der Waals surface area contributed by atoms with E-state index in [1.165, 1.54) is 11.1 Å². The van der Waals surface area contributed by atoms with Crippen molar-refractivity contribution in [3.8, 4) is 33.9 Å². The van der Waals surface area contributed by atoms with Crippen LogP contribution >= 0.6 is 0 Å². The van der Waals surface area contributed by atoms with Crippen molar-refractivity contribution < 1.29 is 0 Å². The lowest BCUT2D eigenvalue weighted by molar-refractivity contribution is 0.641. The van der Waals surface area contributed by atoms with Crippen molar-refractivity contribution in [2.24, 2.45) is 0 Å². The Labute approximate surface area is 217 Å². The summed E-state index contributed by atoms with van der Waals surface area (Å²) >= 11 is 0. The molecule has 0 amide bonds. The van der Waals surface area contributed by atoms with Crippen LogP contribution in [0.1, 0.15) is 25.0 Å². The Morgan fingerprint density at radius 3 is 1.38 bits per heavy atom. The number of benzene rings is 4. The predicted octanol–water partition coefficient (Wildman–Crippen LogP) is 7.72. The molecule has 0 unspecified atom stereocenters. The molecule has 0 aliphatic rings. The molecule has 0 radical (unpaired) electrons. The second-order valence-electron chi connectivity index (χ2n) is 9.79. The van der Waals surface area contributed by atoms with Crippen LogP contribution in [-0.4, -0.2) is 19.1 Å². The number of nitrogens with zero attached hydrogens (tertiary/aromatic N) is 4. The molecule has 4 aromatic carbocycles. The molecule has 0 bridgehead atoms. The molecule has 6 aromatic rings. The molecule has 37 heavy (non-hydrogen) atoms. The van der Waals surface area contributed by atoms with Gasteiger partial charge in [-0.1, -0.05) is 86.6 Å². The molecule has 0 saturated carbocycles. The topological polar surface area (TPSA) is 35.6 Å². The van der Waals surface area contributed by atoms with Gasteiger partial charge in [0.2, 0.25) is 0 Å². The van der Waals surface area contributed by atoms with Gasteiger partial charge >= 0.3 is 0 Å². The Bertz CT molecular complexity index is 1520. The average Bonchev–Trinajstić information content (AvgIpc) is 3.65. The van der Waals surface area contributed by atoms with E-state index in [-0.39, 0.29) is 5.41 Å². The smallest absolute Gasteiger partial charge is 0.0999 e. The third kappa shape index (κ3) is 4.50. The first-order chi connectivity index (χ1) is 18.1. The van der Waals surface area contributed by atoms with E-state index in [0.29, 0.717) is 0 Å². The molecule has 0 fully saturated rings. The maximum absolute atomic E-state index is 4.69. The summed E-state index contributed by atoms with van der Waals surface area (Å²) in [6.07, 6.45) is 7.93. The highest BCUT2D eigenvalue weighted by Gasteiger charge is 2.24. The Morgan fingerprint density at radius 2 is 0.946 bits per heavy atom. The first-order valence-corrected chi connectivity index (χ1v) is 12.5. The standard InChI is InChI=1S/C33H28N4/c1-33(2,27-13-9-11-25(19-27)31-21-36(23-34-31)29-15-5-3-6-16-29)28-14-10-12-26(20-28)32-22-37(24-35-32)30-17-7-4-8-18-30/h3-24H,1-2H3. The normalized spacial score (nSPS) is 11.5. The lowest BCUT2D eigenvalue weighted by Crippen LogP contribution is -2.19. The second kappa shape index (κ2) is 9.40. The van der Waals surface area contributed by atoms with Crippen LogP contribution in [0.4, 0.5) is 0 Å². The monoisotopic (exact) mass is 480 g/mol. The molecule has 4 nitrogen and oxygen atoms in total. The molecule has 4 heteroatoms. The molecule has 6 rings (SSSR count). The minimum Gasteiger partial charge on any atom is -0.306 e. The molecule has 0 aliphatic heterocycles. The maximum atomic E-state index is 4.69. The van der Waals surface area contributed by atoms with Crippen molar-refractivity contribution in [2.45, 2.75) is 19.3 Å². The Balaban J connectivity index is 1.30. The largest absolute Gasteiger partial charge is 0.306 e. The minimum absolute atomic E-state index is 0.198. The number of hydrogen-bond acceptors (Lipinski definition) is 2. The van der Waals surface area contributed by atoms with Gasteiger partial charge in [-0.15, -0.1) is 0 Å². The third-order valence-electron chi connectivity index (χ3n) is 7.03. The fourth-order valence-electron chi connectivity index (χ4n) is 4.73. The third-order valence-corrected chi connectivity index (χ3v) is 7.03. The van der Waals surface area contributed by atoms with Gasteiger partial charge in [0.25, 0.3) is 0 Å². The van der Waals surface area contributed by atoms with Crippen LogP contribution in [0, 0.1) is 0 Å². The Morgan fingerprint density at radius 1 is 0.514 bits per heavy atom. The Hall–Kier alpha value is -4.70. The average molecular weight is 481 g/mol. The van der Waals surface area contributed by atoms with Gasteiger partial charge in [0.05, 0.1) is 24.0 Å². The van der Waals surface area contributed by atoms with Crippen molar-refractivity contribution in [2.75, 3.05) is 0 Å². The van der Waals surface area contributed by atoms with E-state index in [0.717, 1.165) is 33.9 Å². The highest BCUT2D eigenvalue weighted by Crippen LogP contribution is 2.35. The van der Waals surface area contributed by atoms with Crippen LogP contribution in [0.2, 0.25) is 0 Å². The van der Waals surface area contributed by atoms with Gasteiger partial charge in [-0.3, -0.25) is 0 Å². The van der Waals surface area contributed by atoms with Crippen molar-refractivity contribution in [3.05, 3.63) is 145 Å². The molecule has 2 heterocycles. The van der Waals surface area contributed by atoms with Gasteiger partial charge in [0.15, 0.2) is 0 Å². The van der Waals surface area contributed by atoms with Crippen LogP contribution in [0.15, 0.2) is 134 Å². The highest BCUT2D eigenvalue weighted by molar-refractivity contribution is 5.64.